The monoisotopic (exact) mass is 248 g/mol. The molecule has 0 saturated heterocycles. The summed E-state index contributed by atoms with van der Waals surface area (Å²) in [7, 11) is 0. The average Bonchev–Trinajstić information content (AvgIpc) is 2.65. The van der Waals surface area contributed by atoms with Crippen LogP contribution in [-0.4, -0.2) is 11.6 Å². The molecule has 1 unspecified atom stereocenters. The SMILES string of the molecule is CC(N)c1ccnc(OCC2CCCCCC2)c1. The van der Waals surface area contributed by atoms with Gasteiger partial charge in [-0.2, -0.15) is 0 Å². The van der Waals surface area contributed by atoms with Crippen molar-refractivity contribution < 1.29 is 4.74 Å². The zero-order valence-corrected chi connectivity index (χ0v) is 11.3. The molecule has 0 spiro atoms. The van der Waals surface area contributed by atoms with Crippen LogP contribution in [0.1, 0.15) is 57.1 Å². The second-order valence-electron chi connectivity index (χ2n) is 5.38. The number of nitrogens with zero attached hydrogens (tertiary/aromatic N) is 1. The second-order valence-corrected chi connectivity index (χ2v) is 5.38. The van der Waals surface area contributed by atoms with Crippen molar-refractivity contribution in [3.8, 4) is 5.88 Å². The highest BCUT2D eigenvalue weighted by molar-refractivity contribution is 5.22. The van der Waals surface area contributed by atoms with Crippen LogP contribution < -0.4 is 10.5 Å². The summed E-state index contributed by atoms with van der Waals surface area (Å²) in [6.45, 7) is 2.78. The summed E-state index contributed by atoms with van der Waals surface area (Å²) in [5.41, 5.74) is 6.94. The number of aromatic nitrogens is 1. The van der Waals surface area contributed by atoms with Gasteiger partial charge in [0.1, 0.15) is 0 Å². The van der Waals surface area contributed by atoms with E-state index in [4.69, 9.17) is 10.5 Å². The smallest absolute Gasteiger partial charge is 0.213 e. The molecule has 3 heteroatoms. The van der Waals surface area contributed by atoms with Crippen LogP contribution in [0.2, 0.25) is 0 Å². The van der Waals surface area contributed by atoms with Gasteiger partial charge in [-0.05, 0) is 37.3 Å². The van der Waals surface area contributed by atoms with Gasteiger partial charge in [0, 0.05) is 18.3 Å². The van der Waals surface area contributed by atoms with Crippen molar-refractivity contribution in [2.24, 2.45) is 11.7 Å². The first kappa shape index (κ1) is 13.3. The van der Waals surface area contributed by atoms with E-state index < -0.39 is 0 Å². The number of nitrogens with two attached hydrogens (primary N) is 1. The van der Waals surface area contributed by atoms with Gasteiger partial charge in [-0.3, -0.25) is 0 Å². The Labute approximate surface area is 110 Å². The molecule has 0 radical (unpaired) electrons. The number of hydrogen-bond donors (Lipinski definition) is 1. The molecule has 1 aromatic rings. The zero-order chi connectivity index (χ0) is 12.8. The first-order valence-corrected chi connectivity index (χ1v) is 7.10. The molecule has 1 heterocycles. The largest absolute Gasteiger partial charge is 0.477 e. The minimum atomic E-state index is 0.0354. The van der Waals surface area contributed by atoms with E-state index in [0.29, 0.717) is 11.8 Å². The standard InChI is InChI=1S/C15H24N2O/c1-12(16)14-8-9-17-15(10-14)18-11-13-6-4-2-3-5-7-13/h8-10,12-13H,2-7,11,16H2,1H3. The lowest BCUT2D eigenvalue weighted by atomic mass is 10.0. The van der Waals surface area contributed by atoms with Crippen LogP contribution in [0.25, 0.3) is 0 Å². The van der Waals surface area contributed by atoms with E-state index in [0.717, 1.165) is 12.2 Å². The van der Waals surface area contributed by atoms with Crippen LogP contribution in [0.3, 0.4) is 0 Å². The molecule has 2 rings (SSSR count). The molecule has 1 fully saturated rings. The zero-order valence-electron chi connectivity index (χ0n) is 11.3. The summed E-state index contributed by atoms with van der Waals surface area (Å²) in [5.74, 6) is 1.42. The highest BCUT2D eigenvalue weighted by Crippen LogP contribution is 2.24. The van der Waals surface area contributed by atoms with E-state index in [9.17, 15) is 0 Å². The van der Waals surface area contributed by atoms with E-state index >= 15 is 0 Å². The Hall–Kier alpha value is -1.09. The van der Waals surface area contributed by atoms with Crippen LogP contribution in [-0.2, 0) is 0 Å². The second kappa shape index (κ2) is 6.74. The first-order chi connectivity index (χ1) is 8.75. The first-order valence-electron chi connectivity index (χ1n) is 7.10. The Morgan fingerprint density at radius 3 is 2.72 bits per heavy atom. The van der Waals surface area contributed by atoms with Crippen LogP contribution in [0.5, 0.6) is 5.88 Å². The normalized spacial score (nSPS) is 19.2. The van der Waals surface area contributed by atoms with Crippen molar-refractivity contribution in [3.63, 3.8) is 0 Å². The molecule has 3 nitrogen and oxygen atoms in total. The summed E-state index contributed by atoms with van der Waals surface area (Å²) in [5, 5.41) is 0. The number of pyridine rings is 1. The Bertz CT molecular complexity index is 357. The predicted octanol–water partition coefficient (Wildman–Crippen LogP) is 3.45. The van der Waals surface area contributed by atoms with Crippen molar-refractivity contribution in [2.75, 3.05) is 6.61 Å². The van der Waals surface area contributed by atoms with Gasteiger partial charge in [0.2, 0.25) is 5.88 Å². The van der Waals surface area contributed by atoms with Crippen LogP contribution >= 0.6 is 0 Å². The van der Waals surface area contributed by atoms with Gasteiger partial charge in [0.05, 0.1) is 6.61 Å². The molecule has 0 aliphatic heterocycles. The van der Waals surface area contributed by atoms with Gasteiger partial charge in [-0.1, -0.05) is 25.7 Å². The minimum absolute atomic E-state index is 0.0354. The van der Waals surface area contributed by atoms with Gasteiger partial charge >= 0.3 is 0 Å². The van der Waals surface area contributed by atoms with Crippen molar-refractivity contribution in [1.29, 1.82) is 0 Å². The molecule has 0 bridgehead atoms. The number of ether oxygens (including phenoxy) is 1. The molecule has 1 aliphatic rings. The Balaban J connectivity index is 1.87. The van der Waals surface area contributed by atoms with Gasteiger partial charge in [0.15, 0.2) is 0 Å². The fourth-order valence-corrected chi connectivity index (χ4v) is 2.52. The quantitative estimate of drug-likeness (QED) is 0.830. The van der Waals surface area contributed by atoms with Gasteiger partial charge in [-0.15, -0.1) is 0 Å². The Morgan fingerprint density at radius 1 is 1.33 bits per heavy atom. The third-order valence-electron chi connectivity index (χ3n) is 3.73. The molecule has 0 aromatic carbocycles. The van der Waals surface area contributed by atoms with Crippen molar-refractivity contribution in [2.45, 2.75) is 51.5 Å². The molecule has 100 valence electrons. The van der Waals surface area contributed by atoms with E-state index in [1.165, 1.54) is 38.5 Å². The highest BCUT2D eigenvalue weighted by atomic mass is 16.5. The summed E-state index contributed by atoms with van der Waals surface area (Å²) >= 11 is 0. The third kappa shape index (κ3) is 3.98. The van der Waals surface area contributed by atoms with Gasteiger partial charge in [0.25, 0.3) is 0 Å². The minimum Gasteiger partial charge on any atom is -0.477 e. The lowest BCUT2D eigenvalue weighted by Gasteiger charge is -2.15. The summed E-state index contributed by atoms with van der Waals surface area (Å²) in [4.78, 5) is 4.25. The number of rotatable bonds is 4. The fourth-order valence-electron chi connectivity index (χ4n) is 2.52. The maximum Gasteiger partial charge on any atom is 0.213 e. The maximum absolute atomic E-state index is 5.86. The van der Waals surface area contributed by atoms with E-state index in [1.807, 2.05) is 19.1 Å². The maximum atomic E-state index is 5.86. The van der Waals surface area contributed by atoms with Crippen LogP contribution in [0.4, 0.5) is 0 Å². The molecular formula is C15H24N2O. The number of hydrogen-bond acceptors (Lipinski definition) is 3. The molecule has 1 aliphatic carbocycles. The van der Waals surface area contributed by atoms with Gasteiger partial charge < -0.3 is 10.5 Å². The molecule has 2 N–H and O–H groups in total. The summed E-state index contributed by atoms with van der Waals surface area (Å²) in [6, 6.07) is 3.94. The van der Waals surface area contributed by atoms with Crippen molar-refractivity contribution in [3.05, 3.63) is 23.9 Å². The topological polar surface area (TPSA) is 48.1 Å². The molecule has 18 heavy (non-hydrogen) atoms. The lowest BCUT2D eigenvalue weighted by Crippen LogP contribution is -2.12. The van der Waals surface area contributed by atoms with E-state index in [-0.39, 0.29) is 6.04 Å². The fraction of sp³-hybridized carbons (Fsp3) is 0.667. The van der Waals surface area contributed by atoms with Crippen LogP contribution in [0.15, 0.2) is 18.3 Å². The molecule has 0 amide bonds. The van der Waals surface area contributed by atoms with E-state index in [1.54, 1.807) is 6.20 Å². The van der Waals surface area contributed by atoms with Crippen molar-refractivity contribution in [1.82, 2.24) is 4.98 Å². The summed E-state index contributed by atoms with van der Waals surface area (Å²) in [6.07, 6.45) is 9.84. The lowest BCUT2D eigenvalue weighted by molar-refractivity contribution is 0.226. The van der Waals surface area contributed by atoms with Crippen molar-refractivity contribution >= 4 is 0 Å². The molecular weight excluding hydrogens is 224 g/mol. The van der Waals surface area contributed by atoms with Crippen LogP contribution in [0, 0.1) is 5.92 Å². The Morgan fingerprint density at radius 2 is 2.06 bits per heavy atom. The van der Waals surface area contributed by atoms with Gasteiger partial charge in [-0.25, -0.2) is 4.98 Å². The third-order valence-corrected chi connectivity index (χ3v) is 3.73. The summed E-state index contributed by atoms with van der Waals surface area (Å²) < 4.78 is 5.83. The average molecular weight is 248 g/mol. The molecule has 1 atom stereocenters. The molecule has 1 aromatic heterocycles. The highest BCUT2D eigenvalue weighted by Gasteiger charge is 2.13. The molecule has 1 saturated carbocycles. The predicted molar refractivity (Wildman–Crippen MR) is 73.5 cm³/mol. The van der Waals surface area contributed by atoms with E-state index in [2.05, 4.69) is 4.98 Å². The Kier molecular flexibility index (Phi) is 5.00.